The average Bonchev–Trinajstić information content (AvgIpc) is 2.47. The number of sulfonamides is 1. The summed E-state index contributed by atoms with van der Waals surface area (Å²) in [7, 11) is -3.86. The van der Waals surface area contributed by atoms with Crippen LogP contribution in [0.2, 0.25) is 0 Å². The molecule has 7 heteroatoms. The molecule has 118 valence electrons. The smallest absolute Gasteiger partial charge is 0.256 e. The lowest BCUT2D eigenvalue weighted by Gasteiger charge is -2.26. The van der Waals surface area contributed by atoms with Crippen molar-refractivity contribution in [3.63, 3.8) is 0 Å². The van der Waals surface area contributed by atoms with Crippen molar-refractivity contribution < 1.29 is 12.8 Å². The Bertz CT molecular complexity index is 572. The van der Waals surface area contributed by atoms with Crippen LogP contribution in [0.4, 0.5) is 4.39 Å². The van der Waals surface area contributed by atoms with Gasteiger partial charge in [-0.1, -0.05) is 19.4 Å². The van der Waals surface area contributed by atoms with E-state index < -0.39 is 15.8 Å². The molecule has 0 spiro atoms. The van der Waals surface area contributed by atoms with Crippen LogP contribution in [0.5, 0.6) is 0 Å². The van der Waals surface area contributed by atoms with Gasteiger partial charge in [-0.25, -0.2) is 17.8 Å². The van der Waals surface area contributed by atoms with Gasteiger partial charge < -0.3 is 5.32 Å². The third-order valence-electron chi connectivity index (χ3n) is 3.47. The predicted molar refractivity (Wildman–Crippen MR) is 79.5 cm³/mol. The van der Waals surface area contributed by atoms with Gasteiger partial charge in [-0.2, -0.15) is 0 Å². The van der Waals surface area contributed by atoms with E-state index in [0.717, 1.165) is 31.4 Å². The third kappa shape index (κ3) is 4.47. The van der Waals surface area contributed by atoms with E-state index in [1.165, 1.54) is 12.1 Å². The van der Waals surface area contributed by atoms with Crippen LogP contribution in [0.15, 0.2) is 23.1 Å². The number of nitrogens with one attached hydrogen (secondary N) is 2. The lowest BCUT2D eigenvalue weighted by Crippen LogP contribution is -2.45. The monoisotopic (exact) mass is 315 g/mol. The van der Waals surface area contributed by atoms with Gasteiger partial charge in [0.2, 0.25) is 0 Å². The van der Waals surface area contributed by atoms with Gasteiger partial charge in [0.25, 0.3) is 10.0 Å². The highest BCUT2D eigenvalue weighted by atomic mass is 32.2. The molecule has 0 aromatic heterocycles. The van der Waals surface area contributed by atoms with E-state index in [0.29, 0.717) is 19.6 Å². The average molecular weight is 315 g/mol. The van der Waals surface area contributed by atoms with Gasteiger partial charge in [-0.15, -0.1) is 4.83 Å². The summed E-state index contributed by atoms with van der Waals surface area (Å²) in [5, 5.41) is 4.74. The Hall–Kier alpha value is -1.02. The molecule has 1 heterocycles. The highest BCUT2D eigenvalue weighted by Gasteiger charge is 2.23. The summed E-state index contributed by atoms with van der Waals surface area (Å²) < 4.78 is 38.6. The van der Waals surface area contributed by atoms with Crippen LogP contribution < -0.4 is 10.1 Å². The first kappa shape index (κ1) is 16.4. The second-order valence-electron chi connectivity index (χ2n) is 5.19. The van der Waals surface area contributed by atoms with Crippen LogP contribution in [-0.2, 0) is 16.6 Å². The van der Waals surface area contributed by atoms with Crippen LogP contribution in [0.25, 0.3) is 0 Å². The molecule has 5 nitrogen and oxygen atoms in total. The number of benzene rings is 1. The lowest BCUT2D eigenvalue weighted by atomic mass is 10.2. The van der Waals surface area contributed by atoms with Crippen molar-refractivity contribution in [2.75, 3.05) is 19.6 Å². The second-order valence-corrected chi connectivity index (χ2v) is 6.82. The summed E-state index contributed by atoms with van der Waals surface area (Å²) in [4.78, 5) is 2.19. The van der Waals surface area contributed by atoms with E-state index in [-0.39, 0.29) is 4.90 Å². The zero-order valence-electron chi connectivity index (χ0n) is 12.2. The Morgan fingerprint density at radius 1 is 1.24 bits per heavy atom. The van der Waals surface area contributed by atoms with Gasteiger partial charge in [-0.3, -0.25) is 0 Å². The maximum atomic E-state index is 13.9. The van der Waals surface area contributed by atoms with Crippen LogP contribution in [0.3, 0.4) is 0 Å². The Kier molecular flexibility index (Phi) is 5.69. The standard InChI is InChI=1S/C14H22FN3O2S/c1-2-16-11-12-6-7-13(15)14(10-12)21(19,20)17-18-8-4-3-5-9-18/h6-7,10,16-17H,2-5,8-9,11H2,1H3. The van der Waals surface area contributed by atoms with E-state index >= 15 is 0 Å². The highest BCUT2D eigenvalue weighted by molar-refractivity contribution is 7.89. The van der Waals surface area contributed by atoms with Crippen LogP contribution in [0.1, 0.15) is 31.7 Å². The van der Waals surface area contributed by atoms with Gasteiger partial charge >= 0.3 is 0 Å². The molecule has 1 saturated heterocycles. The van der Waals surface area contributed by atoms with Gasteiger partial charge in [0.1, 0.15) is 10.7 Å². The Labute approximate surface area is 125 Å². The number of piperidine rings is 1. The van der Waals surface area contributed by atoms with Crippen molar-refractivity contribution in [2.45, 2.75) is 37.6 Å². The molecule has 1 fully saturated rings. The fraction of sp³-hybridized carbons (Fsp3) is 0.571. The van der Waals surface area contributed by atoms with Crippen molar-refractivity contribution in [3.05, 3.63) is 29.6 Å². The summed E-state index contributed by atoms with van der Waals surface area (Å²) in [6.45, 7) is 4.57. The number of rotatable bonds is 6. The molecule has 2 rings (SSSR count). The molecule has 0 amide bonds. The molecule has 0 atom stereocenters. The summed E-state index contributed by atoms with van der Waals surface area (Å²) in [5.41, 5.74) is 0.747. The first-order chi connectivity index (χ1) is 10.0. The zero-order chi connectivity index (χ0) is 15.3. The van der Waals surface area contributed by atoms with Crippen LogP contribution in [-0.4, -0.2) is 33.1 Å². The molecular weight excluding hydrogens is 293 g/mol. The van der Waals surface area contributed by atoms with Crippen molar-refractivity contribution in [1.82, 2.24) is 15.2 Å². The topological polar surface area (TPSA) is 61.4 Å². The first-order valence-electron chi connectivity index (χ1n) is 7.29. The van der Waals surface area contributed by atoms with Crippen LogP contribution in [0, 0.1) is 5.82 Å². The van der Waals surface area contributed by atoms with Crippen molar-refractivity contribution >= 4 is 10.0 Å². The van der Waals surface area contributed by atoms with Crippen molar-refractivity contribution in [1.29, 1.82) is 0 Å². The molecule has 0 bridgehead atoms. The number of hydrazine groups is 1. The normalized spacial score (nSPS) is 17.0. The maximum absolute atomic E-state index is 13.9. The Morgan fingerprint density at radius 3 is 2.62 bits per heavy atom. The number of hydrogen-bond acceptors (Lipinski definition) is 4. The Balaban J connectivity index is 2.17. The third-order valence-corrected chi connectivity index (χ3v) is 4.86. The molecule has 0 saturated carbocycles. The molecule has 2 N–H and O–H groups in total. The number of nitrogens with zero attached hydrogens (tertiary/aromatic N) is 1. The highest BCUT2D eigenvalue weighted by Crippen LogP contribution is 2.18. The molecule has 21 heavy (non-hydrogen) atoms. The lowest BCUT2D eigenvalue weighted by molar-refractivity contribution is 0.199. The SMILES string of the molecule is CCNCc1ccc(F)c(S(=O)(=O)NN2CCCCC2)c1. The van der Waals surface area contributed by atoms with E-state index in [1.54, 1.807) is 11.1 Å². The summed E-state index contributed by atoms with van der Waals surface area (Å²) in [6, 6.07) is 4.19. The van der Waals surface area contributed by atoms with Crippen LogP contribution >= 0.6 is 0 Å². The first-order valence-corrected chi connectivity index (χ1v) is 8.78. The van der Waals surface area contributed by atoms with E-state index in [9.17, 15) is 12.8 Å². The summed E-state index contributed by atoms with van der Waals surface area (Å²) >= 11 is 0. The largest absolute Gasteiger partial charge is 0.313 e. The fourth-order valence-corrected chi connectivity index (χ4v) is 3.59. The molecule has 0 radical (unpaired) electrons. The molecule has 0 aliphatic carbocycles. The number of hydrogen-bond donors (Lipinski definition) is 2. The van der Waals surface area contributed by atoms with Gasteiger partial charge in [0, 0.05) is 19.6 Å². The zero-order valence-corrected chi connectivity index (χ0v) is 13.0. The van der Waals surface area contributed by atoms with Gasteiger partial charge in [0.15, 0.2) is 0 Å². The van der Waals surface area contributed by atoms with Crippen molar-refractivity contribution in [2.24, 2.45) is 0 Å². The van der Waals surface area contributed by atoms with Gasteiger partial charge in [0.05, 0.1) is 0 Å². The second kappa shape index (κ2) is 7.31. The molecular formula is C14H22FN3O2S. The summed E-state index contributed by atoms with van der Waals surface area (Å²) in [6.07, 6.45) is 3.00. The van der Waals surface area contributed by atoms with Gasteiger partial charge in [-0.05, 0) is 37.1 Å². The quantitative estimate of drug-likeness (QED) is 0.837. The number of halogens is 1. The molecule has 1 aromatic rings. The fourth-order valence-electron chi connectivity index (χ4n) is 2.34. The minimum Gasteiger partial charge on any atom is -0.313 e. The minimum atomic E-state index is -3.86. The Morgan fingerprint density at radius 2 is 1.95 bits per heavy atom. The van der Waals surface area contributed by atoms with E-state index in [2.05, 4.69) is 10.1 Å². The van der Waals surface area contributed by atoms with E-state index in [4.69, 9.17) is 0 Å². The molecule has 0 unspecified atom stereocenters. The van der Waals surface area contributed by atoms with E-state index in [1.807, 2.05) is 6.92 Å². The predicted octanol–water partition coefficient (Wildman–Crippen LogP) is 1.61. The molecule has 1 aliphatic heterocycles. The summed E-state index contributed by atoms with van der Waals surface area (Å²) in [5.74, 6) is -0.722. The molecule has 1 aliphatic rings. The minimum absolute atomic E-state index is 0.288. The molecule has 1 aromatic carbocycles. The van der Waals surface area contributed by atoms with Crippen molar-refractivity contribution in [3.8, 4) is 0 Å². The maximum Gasteiger partial charge on any atom is 0.256 e.